The van der Waals surface area contributed by atoms with Crippen molar-refractivity contribution in [3.05, 3.63) is 75.7 Å². The summed E-state index contributed by atoms with van der Waals surface area (Å²) in [5.74, 6) is -0.321. The topological polar surface area (TPSA) is 96.7 Å². The summed E-state index contributed by atoms with van der Waals surface area (Å²) in [7, 11) is 0. The zero-order valence-corrected chi connectivity index (χ0v) is 24.3. The number of aromatic nitrogens is 2. The molecule has 8 nitrogen and oxygen atoms in total. The molecule has 2 aliphatic carbocycles. The molecule has 228 valence electrons. The lowest BCUT2D eigenvalue weighted by atomic mass is 9.96. The first-order valence-corrected chi connectivity index (χ1v) is 15.4. The van der Waals surface area contributed by atoms with Crippen molar-refractivity contribution in [3.63, 3.8) is 0 Å². The maximum Gasteiger partial charge on any atom is 0.573 e. The van der Waals surface area contributed by atoms with Crippen LogP contribution in [-0.2, 0) is 23.2 Å². The summed E-state index contributed by atoms with van der Waals surface area (Å²) >= 11 is 1.58. The first kappa shape index (κ1) is 29.6. The fraction of sp³-hybridized carbons (Fsp3) is 0.452. The standard InChI is InChI=1S/C31H33F3N4O4S/c32-31(33,34)42-21-10-8-20(9-11-21)30(14-15-30)19-35-16-12-27(40)37-17-13-24-23(18-37)28(41)38(25-6-1-2-7-26(25)39)29(36-24)43-22-4-3-5-22/h1-2,6-11,22,35,39H,3-5,12-19H2. The smallest absolute Gasteiger partial charge is 0.506 e. The molecular formula is C31H33F3N4O4S. The normalized spacial score (nSPS) is 17.7. The molecule has 1 amide bonds. The molecule has 1 aliphatic heterocycles. The second-order valence-electron chi connectivity index (χ2n) is 11.5. The van der Waals surface area contributed by atoms with Crippen LogP contribution in [0.15, 0.2) is 58.5 Å². The Kier molecular flexibility index (Phi) is 8.16. The number of thioether (sulfide) groups is 1. The number of fused-ring (bicyclic) bond motifs is 1. The Morgan fingerprint density at radius 3 is 2.53 bits per heavy atom. The third-order valence-corrected chi connectivity index (χ3v) is 9.82. The van der Waals surface area contributed by atoms with Crippen LogP contribution < -0.4 is 15.6 Å². The van der Waals surface area contributed by atoms with Gasteiger partial charge in [0, 0.05) is 43.1 Å². The van der Waals surface area contributed by atoms with Gasteiger partial charge in [-0.15, -0.1) is 13.2 Å². The van der Waals surface area contributed by atoms with Gasteiger partial charge < -0.3 is 20.1 Å². The minimum absolute atomic E-state index is 0.00403. The number of nitrogens with one attached hydrogen (secondary N) is 1. The number of alkyl halides is 3. The van der Waals surface area contributed by atoms with Crippen LogP contribution in [0.2, 0.25) is 0 Å². The van der Waals surface area contributed by atoms with E-state index in [9.17, 15) is 27.9 Å². The zero-order valence-electron chi connectivity index (χ0n) is 23.5. The van der Waals surface area contributed by atoms with E-state index in [1.807, 2.05) is 0 Å². The second kappa shape index (κ2) is 11.9. The highest BCUT2D eigenvalue weighted by molar-refractivity contribution is 7.99. The molecule has 0 saturated heterocycles. The molecule has 1 aromatic heterocycles. The van der Waals surface area contributed by atoms with Gasteiger partial charge in [-0.25, -0.2) is 4.98 Å². The number of amides is 1. The average Bonchev–Trinajstić information content (AvgIpc) is 3.74. The van der Waals surface area contributed by atoms with E-state index in [4.69, 9.17) is 4.98 Å². The van der Waals surface area contributed by atoms with Gasteiger partial charge in [0.2, 0.25) is 5.91 Å². The van der Waals surface area contributed by atoms with Crippen LogP contribution in [0.1, 0.15) is 55.3 Å². The number of rotatable bonds is 10. The van der Waals surface area contributed by atoms with Gasteiger partial charge in [0.25, 0.3) is 5.56 Å². The number of hydrogen-bond donors (Lipinski definition) is 2. The number of carbonyl (C=O) groups excluding carboxylic acids is 1. The molecule has 0 spiro atoms. The molecule has 0 unspecified atom stereocenters. The highest BCUT2D eigenvalue weighted by Crippen LogP contribution is 2.48. The Morgan fingerprint density at radius 2 is 1.88 bits per heavy atom. The van der Waals surface area contributed by atoms with Crippen molar-refractivity contribution in [1.82, 2.24) is 19.8 Å². The average molecular weight is 615 g/mol. The molecule has 6 rings (SSSR count). The van der Waals surface area contributed by atoms with E-state index in [-0.39, 0.29) is 41.3 Å². The summed E-state index contributed by atoms with van der Waals surface area (Å²) in [5.41, 5.74) is 2.10. The lowest BCUT2D eigenvalue weighted by molar-refractivity contribution is -0.274. The van der Waals surface area contributed by atoms with E-state index < -0.39 is 6.36 Å². The summed E-state index contributed by atoms with van der Waals surface area (Å²) in [6.45, 7) is 1.69. The number of halogens is 3. The largest absolute Gasteiger partial charge is 0.573 e. The maximum absolute atomic E-state index is 13.8. The van der Waals surface area contributed by atoms with Crippen molar-refractivity contribution in [1.29, 1.82) is 0 Å². The molecule has 3 aromatic rings. The maximum atomic E-state index is 13.8. The van der Waals surface area contributed by atoms with Crippen molar-refractivity contribution < 1.29 is 27.8 Å². The fourth-order valence-electron chi connectivity index (χ4n) is 5.66. The molecule has 2 saturated carbocycles. The summed E-state index contributed by atoms with van der Waals surface area (Å²) in [6, 6.07) is 12.7. The molecular weight excluding hydrogens is 581 g/mol. The fourth-order valence-corrected chi connectivity index (χ4v) is 6.98. The Morgan fingerprint density at radius 1 is 1.14 bits per heavy atom. The number of para-hydroxylation sites is 2. The SMILES string of the molecule is O=C(CCNCC1(c2ccc(OC(F)(F)F)cc2)CC1)N1CCc2nc(SC3CCC3)n(-c3ccccc3O)c(=O)c2C1. The summed E-state index contributed by atoms with van der Waals surface area (Å²) in [5, 5.41) is 14.9. The number of ether oxygens (including phenoxy) is 1. The zero-order chi connectivity index (χ0) is 30.2. The predicted molar refractivity (Wildman–Crippen MR) is 156 cm³/mol. The molecule has 0 atom stereocenters. The molecule has 2 fully saturated rings. The van der Waals surface area contributed by atoms with Crippen LogP contribution >= 0.6 is 11.8 Å². The predicted octanol–water partition coefficient (Wildman–Crippen LogP) is 5.08. The van der Waals surface area contributed by atoms with Crippen LogP contribution in [0.5, 0.6) is 11.5 Å². The van der Waals surface area contributed by atoms with Crippen molar-refractivity contribution in [2.75, 3.05) is 19.6 Å². The van der Waals surface area contributed by atoms with Gasteiger partial charge in [0.1, 0.15) is 11.5 Å². The number of hydrogen-bond acceptors (Lipinski definition) is 7. The van der Waals surface area contributed by atoms with Gasteiger partial charge in [-0.3, -0.25) is 14.2 Å². The molecule has 12 heteroatoms. The Labute approximate surface area is 251 Å². The van der Waals surface area contributed by atoms with E-state index in [1.165, 1.54) is 16.7 Å². The number of phenolic OH excluding ortho intramolecular Hbond substituents is 1. The minimum Gasteiger partial charge on any atom is -0.506 e. The third-order valence-electron chi connectivity index (χ3n) is 8.53. The minimum atomic E-state index is -4.72. The Bertz CT molecular complexity index is 1550. The number of phenols is 1. The van der Waals surface area contributed by atoms with Gasteiger partial charge in [-0.2, -0.15) is 0 Å². The van der Waals surface area contributed by atoms with Crippen LogP contribution in [0.25, 0.3) is 5.69 Å². The quantitative estimate of drug-likeness (QED) is 0.243. The molecule has 0 radical (unpaired) electrons. The monoisotopic (exact) mass is 614 g/mol. The van der Waals surface area contributed by atoms with Crippen molar-refractivity contribution in [2.45, 2.75) is 73.7 Å². The lowest BCUT2D eigenvalue weighted by Gasteiger charge is -2.30. The van der Waals surface area contributed by atoms with E-state index in [0.717, 1.165) is 37.7 Å². The van der Waals surface area contributed by atoms with Gasteiger partial charge in [0.05, 0.1) is 23.5 Å². The van der Waals surface area contributed by atoms with Gasteiger partial charge in [0.15, 0.2) is 5.16 Å². The first-order chi connectivity index (χ1) is 20.6. The third kappa shape index (κ3) is 6.54. The Balaban J connectivity index is 1.08. The van der Waals surface area contributed by atoms with Gasteiger partial charge >= 0.3 is 6.36 Å². The van der Waals surface area contributed by atoms with Crippen molar-refractivity contribution >= 4 is 17.7 Å². The Hall–Kier alpha value is -3.51. The molecule has 3 aliphatic rings. The number of nitrogens with zero attached hydrogens (tertiary/aromatic N) is 3. The van der Waals surface area contributed by atoms with E-state index in [1.54, 1.807) is 53.1 Å². The lowest BCUT2D eigenvalue weighted by Crippen LogP contribution is -2.42. The molecule has 2 heterocycles. The highest BCUT2D eigenvalue weighted by atomic mass is 32.2. The number of carbonyl (C=O) groups is 1. The second-order valence-corrected chi connectivity index (χ2v) is 12.7. The van der Waals surface area contributed by atoms with Crippen LogP contribution in [-0.4, -0.2) is 56.7 Å². The molecule has 43 heavy (non-hydrogen) atoms. The summed E-state index contributed by atoms with van der Waals surface area (Å²) in [4.78, 5) is 33.5. The van der Waals surface area contributed by atoms with Crippen LogP contribution in [0, 0.1) is 0 Å². The van der Waals surface area contributed by atoms with Crippen LogP contribution in [0.4, 0.5) is 13.2 Å². The van der Waals surface area contributed by atoms with E-state index in [2.05, 4.69) is 10.1 Å². The van der Waals surface area contributed by atoms with Crippen LogP contribution in [0.3, 0.4) is 0 Å². The van der Waals surface area contributed by atoms with Gasteiger partial charge in [-0.05, 0) is 55.5 Å². The molecule has 2 N–H and O–H groups in total. The molecule has 0 bridgehead atoms. The van der Waals surface area contributed by atoms with Crippen molar-refractivity contribution in [2.24, 2.45) is 0 Å². The number of benzene rings is 2. The number of aromatic hydroxyl groups is 1. The van der Waals surface area contributed by atoms with Crippen molar-refractivity contribution in [3.8, 4) is 17.2 Å². The van der Waals surface area contributed by atoms with Gasteiger partial charge in [-0.1, -0.05) is 42.4 Å². The molecule has 2 aromatic carbocycles. The first-order valence-electron chi connectivity index (χ1n) is 14.6. The summed E-state index contributed by atoms with van der Waals surface area (Å²) in [6.07, 6.45) is 1.13. The van der Waals surface area contributed by atoms with E-state index >= 15 is 0 Å². The summed E-state index contributed by atoms with van der Waals surface area (Å²) < 4.78 is 42.9. The van der Waals surface area contributed by atoms with E-state index in [0.29, 0.717) is 53.4 Å². The highest BCUT2D eigenvalue weighted by Gasteiger charge is 2.44.